The van der Waals surface area contributed by atoms with Crippen molar-refractivity contribution in [1.82, 2.24) is 4.98 Å². The number of hydrogen-bond donors (Lipinski definition) is 2. The van der Waals surface area contributed by atoms with Gasteiger partial charge in [0.15, 0.2) is 6.29 Å². The van der Waals surface area contributed by atoms with Gasteiger partial charge in [-0.2, -0.15) is 0 Å². The number of H-pyrrole nitrogens is 1. The van der Waals surface area contributed by atoms with E-state index in [4.69, 9.17) is 23.8 Å². The Morgan fingerprint density at radius 2 is 2.11 bits per heavy atom. The molecule has 2 aromatic rings. The lowest BCUT2D eigenvalue weighted by Crippen LogP contribution is -2.04. The predicted molar refractivity (Wildman–Crippen MR) is 74.4 cm³/mol. The first-order chi connectivity index (χ1) is 9.06. The summed E-state index contributed by atoms with van der Waals surface area (Å²) in [6.45, 7) is 0. The maximum Gasteiger partial charge on any atom is 0.339 e. The molecular weight excluding hydrogens is 286 g/mol. The number of carboxylic acids is 1. The third kappa shape index (κ3) is 2.43. The summed E-state index contributed by atoms with van der Waals surface area (Å²) < 4.78 is 0.193. The van der Waals surface area contributed by atoms with Crippen LogP contribution in [0.25, 0.3) is 11.3 Å². The molecule has 2 rings (SSSR count). The minimum absolute atomic E-state index is 0.0529. The van der Waals surface area contributed by atoms with E-state index >= 15 is 0 Å². The number of rotatable bonds is 3. The van der Waals surface area contributed by atoms with E-state index in [1.807, 2.05) is 0 Å². The summed E-state index contributed by atoms with van der Waals surface area (Å²) in [5.41, 5.74) is 0.850. The van der Waals surface area contributed by atoms with Crippen molar-refractivity contribution in [1.29, 1.82) is 0 Å². The molecule has 96 valence electrons. The lowest BCUT2D eigenvalue weighted by molar-refractivity contribution is 0.0696. The Morgan fingerprint density at radius 1 is 1.37 bits per heavy atom. The zero-order valence-electron chi connectivity index (χ0n) is 9.51. The number of halogens is 1. The molecule has 1 aromatic carbocycles. The number of nitrogens with one attached hydrogen (secondary N) is 1. The minimum Gasteiger partial charge on any atom is -0.478 e. The Kier molecular flexibility index (Phi) is 3.78. The average Bonchev–Trinajstić information content (AvgIpc) is 2.37. The fourth-order valence-corrected chi connectivity index (χ4v) is 2.26. The number of aldehydes is 1. The molecule has 0 aliphatic heterocycles. The highest BCUT2D eigenvalue weighted by Crippen LogP contribution is 2.29. The van der Waals surface area contributed by atoms with Crippen LogP contribution in [-0.4, -0.2) is 22.3 Å². The van der Waals surface area contributed by atoms with Gasteiger partial charge in [-0.3, -0.25) is 4.79 Å². The molecule has 0 aliphatic carbocycles. The van der Waals surface area contributed by atoms with Gasteiger partial charge in [-0.15, -0.1) is 0 Å². The molecule has 2 N–H and O–H groups in total. The second-order valence-corrected chi connectivity index (χ2v) is 4.56. The second-order valence-electron chi connectivity index (χ2n) is 3.72. The van der Waals surface area contributed by atoms with Crippen molar-refractivity contribution < 1.29 is 14.7 Å². The van der Waals surface area contributed by atoms with E-state index in [2.05, 4.69) is 4.98 Å². The van der Waals surface area contributed by atoms with Crippen LogP contribution in [0.4, 0.5) is 0 Å². The van der Waals surface area contributed by atoms with Crippen LogP contribution in [0, 0.1) is 4.51 Å². The highest BCUT2D eigenvalue weighted by molar-refractivity contribution is 7.71. The summed E-state index contributed by atoms with van der Waals surface area (Å²) in [6.07, 6.45) is 2.12. The molecule has 0 unspecified atom stereocenters. The Labute approximate surface area is 118 Å². The minimum atomic E-state index is -1.16. The van der Waals surface area contributed by atoms with Gasteiger partial charge in [0.05, 0.1) is 15.2 Å². The Balaban J connectivity index is 2.84. The van der Waals surface area contributed by atoms with E-state index in [9.17, 15) is 14.7 Å². The molecule has 0 bridgehead atoms. The molecule has 6 heteroatoms. The Hall–Kier alpha value is -1.98. The molecule has 0 saturated heterocycles. The summed E-state index contributed by atoms with van der Waals surface area (Å²) in [5.74, 6) is -1.16. The number of carboxylic acid groups (broad SMARTS) is 1. The van der Waals surface area contributed by atoms with Crippen molar-refractivity contribution in [2.45, 2.75) is 0 Å². The van der Waals surface area contributed by atoms with Gasteiger partial charge in [0.2, 0.25) is 0 Å². The van der Waals surface area contributed by atoms with Gasteiger partial charge >= 0.3 is 5.97 Å². The fourth-order valence-electron chi connectivity index (χ4n) is 1.78. The zero-order chi connectivity index (χ0) is 14.0. The van der Waals surface area contributed by atoms with Crippen molar-refractivity contribution in [3.63, 3.8) is 0 Å². The van der Waals surface area contributed by atoms with Crippen molar-refractivity contribution in [2.75, 3.05) is 0 Å². The molecule has 0 atom stereocenters. The van der Waals surface area contributed by atoms with Crippen LogP contribution in [0.5, 0.6) is 0 Å². The van der Waals surface area contributed by atoms with E-state index in [0.29, 0.717) is 11.8 Å². The van der Waals surface area contributed by atoms with Gasteiger partial charge < -0.3 is 10.1 Å². The monoisotopic (exact) mass is 293 g/mol. The van der Waals surface area contributed by atoms with Crippen LogP contribution in [0.15, 0.2) is 30.5 Å². The van der Waals surface area contributed by atoms with Gasteiger partial charge in [-0.25, -0.2) is 4.79 Å². The van der Waals surface area contributed by atoms with Crippen molar-refractivity contribution >= 4 is 36.1 Å². The summed E-state index contributed by atoms with van der Waals surface area (Å²) in [5, 5.41) is 9.49. The van der Waals surface area contributed by atoms with E-state index in [1.54, 1.807) is 18.2 Å². The highest BCUT2D eigenvalue weighted by atomic mass is 35.5. The Bertz CT molecular complexity index is 724. The van der Waals surface area contributed by atoms with Crippen LogP contribution in [0.3, 0.4) is 0 Å². The third-order valence-corrected chi connectivity index (χ3v) is 3.28. The number of carbonyl (C=O) groups is 2. The number of aromatic carboxylic acids is 1. The summed E-state index contributed by atoms with van der Waals surface area (Å²) in [4.78, 5) is 25.2. The number of aromatic amines is 1. The van der Waals surface area contributed by atoms with Crippen LogP contribution in [0.1, 0.15) is 20.7 Å². The molecule has 0 saturated carbocycles. The SMILES string of the molecule is O=Cc1c(Cl)cccc1-c1[nH]ccc(=S)c1C(=O)O. The topological polar surface area (TPSA) is 70.2 Å². The molecule has 0 amide bonds. The molecule has 0 fully saturated rings. The van der Waals surface area contributed by atoms with E-state index in [1.165, 1.54) is 12.3 Å². The molecule has 1 heterocycles. The quantitative estimate of drug-likeness (QED) is 0.670. The third-order valence-electron chi connectivity index (χ3n) is 2.61. The summed E-state index contributed by atoms with van der Waals surface area (Å²) >= 11 is 10.9. The summed E-state index contributed by atoms with van der Waals surface area (Å²) in [7, 11) is 0. The molecule has 0 radical (unpaired) electrons. The van der Waals surface area contributed by atoms with E-state index < -0.39 is 5.97 Å². The first-order valence-electron chi connectivity index (χ1n) is 5.25. The van der Waals surface area contributed by atoms with Gasteiger partial charge in [0.1, 0.15) is 5.56 Å². The van der Waals surface area contributed by atoms with Crippen molar-refractivity contribution in [2.24, 2.45) is 0 Å². The van der Waals surface area contributed by atoms with Crippen molar-refractivity contribution in [3.05, 3.63) is 51.1 Å². The molecular formula is C13H8ClNO3S. The number of pyridine rings is 1. The predicted octanol–water partition coefficient (Wildman–Crippen LogP) is 3.58. The smallest absolute Gasteiger partial charge is 0.339 e. The molecule has 1 aromatic heterocycles. The van der Waals surface area contributed by atoms with Crippen LogP contribution in [0.2, 0.25) is 5.02 Å². The van der Waals surface area contributed by atoms with Crippen LogP contribution < -0.4 is 0 Å². The molecule has 0 spiro atoms. The van der Waals surface area contributed by atoms with E-state index in [-0.39, 0.29) is 26.4 Å². The lowest BCUT2D eigenvalue weighted by Gasteiger charge is -2.09. The van der Waals surface area contributed by atoms with E-state index in [0.717, 1.165) is 0 Å². The molecule has 4 nitrogen and oxygen atoms in total. The molecule has 0 aliphatic rings. The Morgan fingerprint density at radius 3 is 2.74 bits per heavy atom. The maximum absolute atomic E-state index is 11.3. The fraction of sp³-hybridized carbons (Fsp3) is 0. The molecule has 19 heavy (non-hydrogen) atoms. The second kappa shape index (κ2) is 5.34. The number of hydrogen-bond acceptors (Lipinski definition) is 3. The van der Waals surface area contributed by atoms with Crippen molar-refractivity contribution in [3.8, 4) is 11.3 Å². The number of aromatic nitrogens is 1. The van der Waals surface area contributed by atoms with Gasteiger partial charge in [-0.1, -0.05) is 36.0 Å². The van der Waals surface area contributed by atoms with Gasteiger partial charge in [0.25, 0.3) is 0 Å². The largest absolute Gasteiger partial charge is 0.478 e. The van der Waals surface area contributed by atoms with Gasteiger partial charge in [-0.05, 0) is 12.1 Å². The number of benzene rings is 1. The normalized spacial score (nSPS) is 10.2. The zero-order valence-corrected chi connectivity index (χ0v) is 11.1. The maximum atomic E-state index is 11.3. The lowest BCUT2D eigenvalue weighted by atomic mass is 10.0. The highest BCUT2D eigenvalue weighted by Gasteiger charge is 2.17. The summed E-state index contributed by atoms with van der Waals surface area (Å²) in [6, 6.07) is 6.29. The van der Waals surface area contributed by atoms with Crippen LogP contribution >= 0.6 is 23.8 Å². The first kappa shape index (κ1) is 13.5. The van der Waals surface area contributed by atoms with Crippen LogP contribution in [-0.2, 0) is 0 Å². The van der Waals surface area contributed by atoms with Gasteiger partial charge in [0, 0.05) is 17.3 Å². The standard InChI is InChI=1S/C13H8ClNO3S/c14-9-3-1-2-7(8(9)6-16)12-11(13(17)18)10(19)4-5-15-12/h1-6H,(H,15,19)(H,17,18). The number of carbonyl (C=O) groups excluding carboxylic acids is 1. The first-order valence-corrected chi connectivity index (χ1v) is 6.04. The average molecular weight is 294 g/mol.